The molecule has 0 spiro atoms. The smallest absolute Gasteiger partial charge is 0.312 e. The maximum Gasteiger partial charge on any atom is 0.312 e. The molecule has 4 aromatic carbocycles. The fraction of sp³-hybridized carbons (Fsp3) is 0.500. The number of Topliss-reactive ketones (excluding diaryl/α,β-unsaturated/α-hetero) is 1. The van der Waals surface area contributed by atoms with Gasteiger partial charge in [0, 0.05) is 129 Å². The van der Waals surface area contributed by atoms with E-state index in [4.69, 9.17) is 34.4 Å². The molecule has 4 aliphatic heterocycles. The third kappa shape index (κ3) is 18.8. The van der Waals surface area contributed by atoms with Crippen LogP contribution in [-0.4, -0.2) is 179 Å². The summed E-state index contributed by atoms with van der Waals surface area (Å²) in [7, 11) is 5.52. The number of urea groups is 1. The quantitative estimate of drug-likeness (QED) is 0.00745. The number of phenols is 1. The first kappa shape index (κ1) is 81.3. The van der Waals surface area contributed by atoms with Gasteiger partial charge in [-0.25, -0.2) is 9.78 Å². The Labute approximate surface area is 625 Å². The number of ether oxygens (including phenoxy) is 5. The van der Waals surface area contributed by atoms with Crippen molar-refractivity contribution in [3.8, 4) is 17.2 Å². The summed E-state index contributed by atoms with van der Waals surface area (Å²) in [5.41, 5.74) is 6.43. The molecule has 9 rings (SSSR count). The van der Waals surface area contributed by atoms with Crippen molar-refractivity contribution in [1.29, 1.82) is 0 Å². The van der Waals surface area contributed by atoms with Crippen molar-refractivity contribution in [2.45, 2.75) is 176 Å². The van der Waals surface area contributed by atoms with Crippen LogP contribution in [0.3, 0.4) is 0 Å². The molecule has 0 saturated carbocycles. The highest BCUT2D eigenvalue weighted by Crippen LogP contribution is 2.51. The number of aromatic nitrogens is 1. The highest BCUT2D eigenvalue weighted by atomic mass is 32.1. The van der Waals surface area contributed by atoms with Gasteiger partial charge in [-0.15, -0.1) is 11.3 Å². The summed E-state index contributed by atoms with van der Waals surface area (Å²) in [5, 5.41) is 49.6. The number of phenolic OH excluding ortho intramolecular Hbond substituents is 1. The number of ketones is 1. The topological polar surface area (TPSA) is 386 Å². The zero-order valence-electron chi connectivity index (χ0n) is 62.9. The summed E-state index contributed by atoms with van der Waals surface area (Å²) in [6.07, 6.45) is 9.30. The fourth-order valence-electron chi connectivity index (χ4n) is 14.1. The number of imide groups is 1. The van der Waals surface area contributed by atoms with Gasteiger partial charge < -0.3 is 81.1 Å². The highest BCUT2D eigenvalue weighted by molar-refractivity contribution is 7.25. The van der Waals surface area contributed by atoms with E-state index in [-0.39, 0.29) is 111 Å². The van der Waals surface area contributed by atoms with Crippen LogP contribution in [0.15, 0.2) is 89.5 Å². The van der Waals surface area contributed by atoms with Gasteiger partial charge in [-0.2, -0.15) is 0 Å². The predicted octanol–water partition coefficient (Wildman–Crippen LogP) is 8.07. The van der Waals surface area contributed by atoms with Crippen LogP contribution in [0, 0.1) is 36.5 Å². The Morgan fingerprint density at radius 1 is 0.869 bits per heavy atom. The number of nitrogens with one attached hydrogen (secondary N) is 5. The zero-order chi connectivity index (χ0) is 78.0. The Balaban J connectivity index is 1.07. The summed E-state index contributed by atoms with van der Waals surface area (Å²) in [4.78, 5) is 146. The van der Waals surface area contributed by atoms with Crippen LogP contribution >= 0.6 is 11.3 Å². The molecule has 4 bridgehead atoms. The van der Waals surface area contributed by atoms with Crippen LogP contribution in [0.4, 0.5) is 21.9 Å². The zero-order valence-corrected chi connectivity index (χ0v) is 63.7. The first-order valence-corrected chi connectivity index (χ1v) is 37.1. The molecule has 107 heavy (non-hydrogen) atoms. The van der Waals surface area contributed by atoms with Gasteiger partial charge in [0.2, 0.25) is 17.7 Å². The molecule has 5 heterocycles. The van der Waals surface area contributed by atoms with Crippen LogP contribution < -0.4 is 52.1 Å². The lowest BCUT2D eigenvalue weighted by Gasteiger charge is -2.38. The van der Waals surface area contributed by atoms with Gasteiger partial charge in [0.05, 0.1) is 50.4 Å². The summed E-state index contributed by atoms with van der Waals surface area (Å²) < 4.78 is 32.0. The number of carbonyl (C=O) groups is 9. The monoisotopic (exact) mass is 1500 g/mol. The predicted molar refractivity (Wildman–Crippen MR) is 406 cm³/mol. The molecule has 28 nitrogen and oxygen atoms in total. The van der Waals surface area contributed by atoms with Crippen molar-refractivity contribution >= 4 is 113 Å². The molecule has 8 amide bonds. The third-order valence-corrected chi connectivity index (χ3v) is 21.7. The van der Waals surface area contributed by atoms with E-state index in [1.165, 1.54) is 58.4 Å². The molecule has 29 heteroatoms. The lowest BCUT2D eigenvalue weighted by molar-refractivity contribution is -0.160. The van der Waals surface area contributed by atoms with Gasteiger partial charge in [-0.05, 0) is 102 Å². The molecule has 4 aliphatic rings. The van der Waals surface area contributed by atoms with Crippen LogP contribution in [0.1, 0.15) is 135 Å². The Morgan fingerprint density at radius 3 is 2.21 bits per heavy atom. The van der Waals surface area contributed by atoms with Crippen LogP contribution in [0.25, 0.3) is 31.2 Å². The van der Waals surface area contributed by atoms with Gasteiger partial charge in [0.25, 0.3) is 23.5 Å². The normalized spacial score (nSPS) is 24.1. The number of allylic oxidation sites excluding steroid dienone is 2. The second-order valence-electron chi connectivity index (χ2n) is 28.9. The number of esters is 1. The number of hydrogen-bond acceptors (Lipinski definition) is 22. The van der Waals surface area contributed by atoms with Crippen LogP contribution in [0.5, 0.6) is 17.2 Å². The number of unbranched alkanes of at least 4 members (excludes halogenated alkanes) is 2. The largest absolute Gasteiger partial charge is 0.505 e. The van der Waals surface area contributed by atoms with Gasteiger partial charge in [-0.1, -0.05) is 78.3 Å². The number of carbonyl (C=O) groups excluding carboxylic acids is 9. The number of aliphatic hydroxyl groups excluding tert-OH is 2. The minimum absolute atomic E-state index is 0.0204. The fourth-order valence-corrected chi connectivity index (χ4v) is 15.2. The molecule has 1 unspecified atom stereocenters. The Hall–Kier alpha value is -9.81. The average molecular weight is 1500 g/mol. The van der Waals surface area contributed by atoms with Gasteiger partial charge in [-0.3, -0.25) is 48.1 Å². The van der Waals surface area contributed by atoms with Crippen LogP contribution in [0.2, 0.25) is 0 Å². The van der Waals surface area contributed by atoms with Gasteiger partial charge >= 0.3 is 17.8 Å². The molecule has 1 saturated heterocycles. The number of methoxy groups -OCH3 is 1. The summed E-state index contributed by atoms with van der Waals surface area (Å²) >= 11 is 1.13. The van der Waals surface area contributed by atoms with Crippen LogP contribution in [-0.2, 0) is 54.4 Å². The van der Waals surface area contributed by atoms with E-state index in [1.807, 2.05) is 26.2 Å². The number of nitrogens with zero attached hydrogens (tertiary/aromatic N) is 4. The molecule has 1 fully saturated rings. The van der Waals surface area contributed by atoms with Crippen molar-refractivity contribution in [2.24, 2.45) is 35.3 Å². The number of hydrogen-bond donors (Lipinski definition) is 9. The minimum atomic E-state index is -2.15. The molecule has 11 atom stereocenters. The Bertz CT molecular complexity index is 4390. The van der Waals surface area contributed by atoms with E-state index in [0.717, 1.165) is 34.8 Å². The van der Waals surface area contributed by atoms with E-state index < -0.39 is 124 Å². The number of amides is 8. The molecule has 5 aromatic rings. The summed E-state index contributed by atoms with van der Waals surface area (Å²) in [6, 6.07) is 7.98. The number of fused-ring (bicyclic) bond motifs is 2. The number of anilines is 3. The Morgan fingerprint density at radius 2 is 1.56 bits per heavy atom. The first-order valence-electron chi connectivity index (χ1n) is 36.3. The number of piperidine rings is 1. The van der Waals surface area contributed by atoms with Gasteiger partial charge in [0.15, 0.2) is 11.2 Å². The van der Waals surface area contributed by atoms with Crippen molar-refractivity contribution in [3.63, 3.8) is 0 Å². The van der Waals surface area contributed by atoms with Crippen molar-refractivity contribution in [2.75, 3.05) is 62.9 Å². The van der Waals surface area contributed by atoms with Crippen molar-refractivity contribution in [3.05, 3.63) is 112 Å². The van der Waals surface area contributed by atoms with E-state index in [9.17, 15) is 53.7 Å². The molecular formula is C78H100N10O18S. The molecule has 1 aromatic heterocycles. The standard InChI is InChI=1S/C78H100N10O18S/c1-40(2)62(83-56(90)22-15-14-16-33-88-57(91)27-28-58(88)92)76(100)82-52(21-18-32-80-77(79)101)75(99)81-49-25-23-48(24-26-49)39-103-54-37-51(87-34-29-50(30-35-87)86(11)12)38-55-63(54)84-64-59-60-68(95)46(8)71-61(59)73(97)78(10,106-71)104-36-31-53(102-13)43(5)70(105-47(9)89)45(7)67(94)44(6)66(93)41(3)19-17-20-42(4)74(98)85-65(69(60)96)72(64)107-55/h17,19-20,23-28,31,36-38,40-41,43-45,50,52-53,62,66-67,70,93-94,96H,14-16,18,21-22,29-30,32-35,39H2,1-13H3,(H,81,99)(H,82,100)(H,83,90)(H,85,98)(H3,79,80,101)/b19-17+,36-31+,42-20-/t41-,43+,44+,45+,52-,53-,62?,66-,67+,70+,78-/m0/s1. The number of benzene rings is 4. The SMILES string of the molecule is CO[C@H]1/C=C/O[C@@]2(C)Oc3c(C)c(=O)c4c(O)c(c5sc6cc(N7CCC(N(C)C)CC7)cc(OCc7ccc(NC(=O)[C@H](CCCNC(N)=O)NC(=O)C(NC(=O)CCCCCN8C(=O)C=CC8=O)C(C)C)cc7)c6nc5c4c3C2=O)NC(=O)/C(C)=C\C=C\[C@H](C)[C@H](O)[C@@H](C)[C@@H](O)[C@@H](C)[C@H](OC(C)=O)[C@@H]1C. The number of aromatic hydroxyl groups is 1. The number of aliphatic hydroxyl groups is 2. The van der Waals surface area contributed by atoms with Crippen molar-refractivity contribution in [1.82, 2.24) is 30.7 Å². The molecular weight excluding hydrogens is 1400 g/mol. The molecule has 10 N–H and O–H groups in total. The number of primary amides is 1. The molecule has 0 aliphatic carbocycles. The molecule has 0 radical (unpaired) electrons. The lowest BCUT2D eigenvalue weighted by atomic mass is 9.78. The Kier molecular flexibility index (Phi) is 26.8. The third-order valence-electron chi connectivity index (χ3n) is 20.6. The maximum absolute atomic E-state index is 15.4. The number of rotatable bonds is 23. The van der Waals surface area contributed by atoms with E-state index >= 15 is 9.59 Å². The minimum Gasteiger partial charge on any atom is -0.505 e. The lowest BCUT2D eigenvalue weighted by Crippen LogP contribution is -2.54. The van der Waals surface area contributed by atoms with E-state index in [2.05, 4.69) is 36.4 Å². The van der Waals surface area contributed by atoms with Crippen molar-refractivity contribution < 1.29 is 82.2 Å². The summed E-state index contributed by atoms with van der Waals surface area (Å²) in [5.74, 6) is -10.2. The second kappa shape index (κ2) is 35.3. The first-order chi connectivity index (χ1) is 50.7. The maximum atomic E-state index is 15.4. The second-order valence-corrected chi connectivity index (χ2v) is 30.0. The average Bonchev–Trinajstić information content (AvgIpc) is 1.65. The van der Waals surface area contributed by atoms with E-state index in [1.54, 1.807) is 84.9 Å². The van der Waals surface area contributed by atoms with Gasteiger partial charge in [0.1, 0.15) is 47.5 Å². The molecule has 576 valence electrons. The number of nitrogens with two attached hydrogens (primary N) is 1. The van der Waals surface area contributed by atoms with E-state index in [0.29, 0.717) is 54.3 Å². The summed E-state index contributed by atoms with van der Waals surface area (Å²) in [6.45, 7) is 17.6. The highest BCUT2D eigenvalue weighted by Gasteiger charge is 2.50.